The SMILES string of the molecule is O=C1NCC(C(=O)O)(C2CCC2)N1. The van der Waals surface area contributed by atoms with E-state index >= 15 is 0 Å². The van der Waals surface area contributed by atoms with Crippen LogP contribution in [0.1, 0.15) is 19.3 Å². The molecule has 13 heavy (non-hydrogen) atoms. The lowest BCUT2D eigenvalue weighted by atomic mass is 9.71. The van der Waals surface area contributed by atoms with Gasteiger partial charge in [0.1, 0.15) is 0 Å². The molecule has 1 atom stereocenters. The van der Waals surface area contributed by atoms with E-state index in [0.29, 0.717) is 0 Å². The lowest BCUT2D eigenvalue weighted by Crippen LogP contribution is -2.58. The average molecular weight is 184 g/mol. The average Bonchev–Trinajstić information content (AvgIpc) is 2.29. The number of amides is 2. The first-order valence-corrected chi connectivity index (χ1v) is 4.44. The first-order valence-electron chi connectivity index (χ1n) is 4.44. The summed E-state index contributed by atoms with van der Waals surface area (Å²) < 4.78 is 0. The fourth-order valence-electron chi connectivity index (χ4n) is 1.96. The Labute approximate surface area is 75.5 Å². The minimum atomic E-state index is -1.03. The highest BCUT2D eigenvalue weighted by Crippen LogP contribution is 2.37. The van der Waals surface area contributed by atoms with Crippen LogP contribution in [0.15, 0.2) is 0 Å². The van der Waals surface area contributed by atoms with Gasteiger partial charge in [0.2, 0.25) is 0 Å². The van der Waals surface area contributed by atoms with E-state index in [-0.39, 0.29) is 18.5 Å². The second-order valence-corrected chi connectivity index (χ2v) is 3.71. The fourth-order valence-corrected chi connectivity index (χ4v) is 1.96. The molecule has 1 saturated carbocycles. The summed E-state index contributed by atoms with van der Waals surface area (Å²) in [7, 11) is 0. The Balaban J connectivity index is 2.20. The highest BCUT2D eigenvalue weighted by molar-refractivity contribution is 5.90. The van der Waals surface area contributed by atoms with Crippen LogP contribution in [0.25, 0.3) is 0 Å². The molecule has 0 spiro atoms. The minimum absolute atomic E-state index is 0.101. The van der Waals surface area contributed by atoms with E-state index in [1.54, 1.807) is 0 Å². The van der Waals surface area contributed by atoms with E-state index in [1.165, 1.54) is 0 Å². The second-order valence-electron chi connectivity index (χ2n) is 3.71. The number of hydrogen-bond donors (Lipinski definition) is 3. The molecule has 72 valence electrons. The van der Waals surface area contributed by atoms with E-state index in [4.69, 9.17) is 5.11 Å². The van der Waals surface area contributed by atoms with E-state index in [0.717, 1.165) is 19.3 Å². The van der Waals surface area contributed by atoms with Gasteiger partial charge >= 0.3 is 12.0 Å². The van der Waals surface area contributed by atoms with Gasteiger partial charge in [-0.15, -0.1) is 0 Å². The lowest BCUT2D eigenvalue weighted by molar-refractivity contribution is -0.147. The van der Waals surface area contributed by atoms with Gasteiger partial charge in [-0.3, -0.25) is 0 Å². The molecule has 5 heteroatoms. The van der Waals surface area contributed by atoms with Crippen LogP contribution in [-0.4, -0.2) is 29.2 Å². The molecule has 0 aromatic heterocycles. The molecule has 1 saturated heterocycles. The Kier molecular flexibility index (Phi) is 1.68. The third kappa shape index (κ3) is 1.07. The van der Waals surface area contributed by atoms with Crippen LogP contribution in [0.5, 0.6) is 0 Å². The van der Waals surface area contributed by atoms with Crippen molar-refractivity contribution in [2.45, 2.75) is 24.8 Å². The molecule has 2 aliphatic rings. The number of nitrogens with one attached hydrogen (secondary N) is 2. The van der Waals surface area contributed by atoms with Gasteiger partial charge in [0, 0.05) is 0 Å². The van der Waals surface area contributed by atoms with Crippen molar-refractivity contribution in [2.24, 2.45) is 5.92 Å². The number of carbonyl (C=O) groups excluding carboxylic acids is 1. The van der Waals surface area contributed by atoms with Gasteiger partial charge in [-0.2, -0.15) is 0 Å². The van der Waals surface area contributed by atoms with Crippen LogP contribution < -0.4 is 10.6 Å². The summed E-state index contributed by atoms with van der Waals surface area (Å²) >= 11 is 0. The maximum Gasteiger partial charge on any atom is 0.331 e. The summed E-state index contributed by atoms with van der Waals surface area (Å²) in [6, 6.07) is -0.366. The monoisotopic (exact) mass is 184 g/mol. The van der Waals surface area contributed by atoms with Crippen molar-refractivity contribution in [2.75, 3.05) is 6.54 Å². The van der Waals surface area contributed by atoms with E-state index in [2.05, 4.69) is 10.6 Å². The molecule has 1 aliphatic carbocycles. The summed E-state index contributed by atoms with van der Waals surface area (Å²) in [5.41, 5.74) is -1.03. The van der Waals surface area contributed by atoms with Crippen molar-refractivity contribution in [1.82, 2.24) is 10.6 Å². The quantitative estimate of drug-likeness (QED) is 0.561. The normalized spacial score (nSPS) is 33.4. The predicted molar refractivity (Wildman–Crippen MR) is 44.2 cm³/mol. The maximum atomic E-state index is 11.0. The van der Waals surface area contributed by atoms with Crippen LogP contribution in [-0.2, 0) is 4.79 Å². The van der Waals surface area contributed by atoms with E-state index < -0.39 is 11.5 Å². The Morgan fingerprint density at radius 2 is 2.23 bits per heavy atom. The summed E-state index contributed by atoms with van der Waals surface area (Å²) in [5, 5.41) is 14.1. The number of rotatable bonds is 2. The van der Waals surface area contributed by atoms with Gasteiger partial charge in [-0.05, 0) is 18.8 Å². The van der Waals surface area contributed by atoms with Crippen LogP contribution in [0, 0.1) is 5.92 Å². The Morgan fingerprint density at radius 1 is 1.54 bits per heavy atom. The van der Waals surface area contributed by atoms with Gasteiger partial charge in [0.05, 0.1) is 6.54 Å². The molecule has 0 radical (unpaired) electrons. The third-order valence-corrected chi connectivity index (χ3v) is 3.05. The van der Waals surface area contributed by atoms with Gasteiger partial charge in [-0.1, -0.05) is 6.42 Å². The fraction of sp³-hybridized carbons (Fsp3) is 0.750. The number of carbonyl (C=O) groups is 2. The molecular weight excluding hydrogens is 172 g/mol. The first-order chi connectivity index (χ1) is 6.15. The van der Waals surface area contributed by atoms with Crippen molar-refractivity contribution >= 4 is 12.0 Å². The van der Waals surface area contributed by atoms with Crippen LogP contribution in [0.3, 0.4) is 0 Å². The number of carboxylic acids is 1. The van der Waals surface area contributed by atoms with Crippen molar-refractivity contribution < 1.29 is 14.7 Å². The van der Waals surface area contributed by atoms with Gasteiger partial charge in [-0.25, -0.2) is 9.59 Å². The van der Waals surface area contributed by atoms with E-state index in [1.807, 2.05) is 0 Å². The molecule has 1 aliphatic heterocycles. The molecule has 3 N–H and O–H groups in total. The molecule has 2 amide bonds. The summed E-state index contributed by atoms with van der Waals surface area (Å²) in [6.45, 7) is 0.214. The molecule has 0 bridgehead atoms. The Bertz CT molecular complexity index is 262. The molecule has 1 heterocycles. The van der Waals surface area contributed by atoms with Crippen molar-refractivity contribution in [3.8, 4) is 0 Å². The summed E-state index contributed by atoms with van der Waals surface area (Å²) in [5.74, 6) is -0.820. The third-order valence-electron chi connectivity index (χ3n) is 3.05. The summed E-state index contributed by atoms with van der Waals surface area (Å²) in [4.78, 5) is 22.0. The highest BCUT2D eigenvalue weighted by atomic mass is 16.4. The van der Waals surface area contributed by atoms with Gasteiger partial charge < -0.3 is 15.7 Å². The molecule has 1 unspecified atom stereocenters. The second kappa shape index (κ2) is 2.61. The van der Waals surface area contributed by atoms with Crippen molar-refractivity contribution in [1.29, 1.82) is 0 Å². The Hall–Kier alpha value is -1.26. The zero-order valence-corrected chi connectivity index (χ0v) is 7.17. The van der Waals surface area contributed by atoms with Gasteiger partial charge in [0.15, 0.2) is 5.54 Å². The van der Waals surface area contributed by atoms with Crippen molar-refractivity contribution in [3.63, 3.8) is 0 Å². The smallest absolute Gasteiger partial charge is 0.331 e. The Morgan fingerprint density at radius 3 is 2.54 bits per heavy atom. The van der Waals surface area contributed by atoms with Crippen LogP contribution in [0.4, 0.5) is 4.79 Å². The molecule has 2 rings (SSSR count). The molecular formula is C8H12N2O3. The number of hydrogen-bond acceptors (Lipinski definition) is 2. The zero-order chi connectivity index (χ0) is 9.47. The topological polar surface area (TPSA) is 78.4 Å². The molecule has 2 fully saturated rings. The number of aliphatic carboxylic acids is 1. The first kappa shape index (κ1) is 8.34. The largest absolute Gasteiger partial charge is 0.479 e. The predicted octanol–water partition coefficient (Wildman–Crippen LogP) is -0.0773. The zero-order valence-electron chi connectivity index (χ0n) is 7.17. The van der Waals surface area contributed by atoms with E-state index in [9.17, 15) is 9.59 Å². The summed E-state index contributed by atoms with van der Waals surface area (Å²) in [6.07, 6.45) is 2.86. The van der Waals surface area contributed by atoms with Crippen LogP contribution in [0.2, 0.25) is 0 Å². The van der Waals surface area contributed by atoms with Gasteiger partial charge in [0.25, 0.3) is 0 Å². The minimum Gasteiger partial charge on any atom is -0.479 e. The highest BCUT2D eigenvalue weighted by Gasteiger charge is 2.52. The van der Waals surface area contributed by atoms with Crippen molar-refractivity contribution in [3.05, 3.63) is 0 Å². The molecule has 0 aromatic rings. The number of urea groups is 1. The molecule has 5 nitrogen and oxygen atoms in total. The molecule has 0 aromatic carbocycles. The standard InChI is InChI=1S/C8H12N2O3/c11-6(12)8(5-2-1-3-5)4-9-7(13)10-8/h5H,1-4H2,(H,11,12)(H2,9,10,13). The lowest BCUT2D eigenvalue weighted by Gasteiger charge is -2.38. The van der Waals surface area contributed by atoms with Crippen LogP contribution >= 0.6 is 0 Å². The number of carboxylic acid groups (broad SMARTS) is 1. The maximum absolute atomic E-state index is 11.0.